The average Bonchev–Trinajstić information content (AvgIpc) is 3.31. The maximum absolute atomic E-state index is 12.9. The van der Waals surface area contributed by atoms with Crippen LogP contribution in [0.15, 0.2) is 52.3 Å². The van der Waals surface area contributed by atoms with Gasteiger partial charge in [-0.25, -0.2) is 9.78 Å². The Morgan fingerprint density at radius 2 is 1.87 bits per heavy atom. The summed E-state index contributed by atoms with van der Waals surface area (Å²) in [4.78, 5) is 28.4. The maximum atomic E-state index is 12.9. The predicted octanol–water partition coefficient (Wildman–Crippen LogP) is 6.18. The van der Waals surface area contributed by atoms with Crippen molar-refractivity contribution in [2.45, 2.75) is 6.18 Å². The molecule has 158 valence electrons. The Bertz CT molecular complexity index is 1300. The van der Waals surface area contributed by atoms with Gasteiger partial charge in [-0.1, -0.05) is 29.8 Å². The largest absolute Gasteiger partial charge is 0.478 e. The number of aromatic carboxylic acids is 1. The molecule has 0 saturated heterocycles. The van der Waals surface area contributed by atoms with E-state index >= 15 is 0 Å². The lowest BCUT2D eigenvalue weighted by atomic mass is 10.0. The van der Waals surface area contributed by atoms with Crippen LogP contribution in [0, 0.1) is 0 Å². The van der Waals surface area contributed by atoms with E-state index in [-0.39, 0.29) is 32.6 Å². The van der Waals surface area contributed by atoms with Crippen LogP contribution in [0.5, 0.6) is 0 Å². The number of para-hydroxylation sites is 2. The van der Waals surface area contributed by atoms with Crippen LogP contribution in [0.25, 0.3) is 22.2 Å². The summed E-state index contributed by atoms with van der Waals surface area (Å²) in [7, 11) is 0. The summed E-state index contributed by atoms with van der Waals surface area (Å²) in [5, 5.41) is 13.2. The summed E-state index contributed by atoms with van der Waals surface area (Å²) in [6, 6.07) is 9.31. The third kappa shape index (κ3) is 3.99. The summed E-state index contributed by atoms with van der Waals surface area (Å²) < 4.78 is 44.0. The van der Waals surface area contributed by atoms with Gasteiger partial charge in [0, 0.05) is 21.5 Å². The van der Waals surface area contributed by atoms with Crippen molar-refractivity contribution in [1.82, 2.24) is 4.98 Å². The lowest BCUT2D eigenvalue weighted by Gasteiger charge is -2.10. The number of fused-ring (bicyclic) bond motifs is 1. The van der Waals surface area contributed by atoms with Crippen molar-refractivity contribution >= 4 is 50.9 Å². The number of carboxylic acids is 1. The number of thiophene rings is 1. The Hall–Kier alpha value is -3.37. The van der Waals surface area contributed by atoms with E-state index in [1.54, 1.807) is 24.3 Å². The lowest BCUT2D eigenvalue weighted by molar-refractivity contribution is -0.137. The van der Waals surface area contributed by atoms with Crippen LogP contribution in [0.3, 0.4) is 0 Å². The highest BCUT2D eigenvalue weighted by Crippen LogP contribution is 2.41. The molecule has 0 spiro atoms. The summed E-state index contributed by atoms with van der Waals surface area (Å²) in [5.74, 6) is -2.43. The quantitative estimate of drug-likeness (QED) is 0.374. The average molecular weight is 467 g/mol. The normalized spacial score (nSPS) is 11.6. The molecular weight excluding hydrogens is 457 g/mol. The van der Waals surface area contributed by atoms with Crippen LogP contribution < -0.4 is 5.32 Å². The van der Waals surface area contributed by atoms with Crippen LogP contribution in [0.2, 0.25) is 5.02 Å². The molecule has 0 unspecified atom stereocenters. The highest BCUT2D eigenvalue weighted by Gasteiger charge is 2.32. The second-order valence-corrected chi connectivity index (χ2v) is 7.58. The fourth-order valence-electron chi connectivity index (χ4n) is 2.90. The molecule has 0 bridgehead atoms. The number of benzene rings is 2. The summed E-state index contributed by atoms with van der Waals surface area (Å²) >= 11 is 6.89. The van der Waals surface area contributed by atoms with Gasteiger partial charge in [0.05, 0.1) is 5.56 Å². The van der Waals surface area contributed by atoms with E-state index in [2.05, 4.69) is 10.3 Å². The number of aromatic nitrogens is 1. The Labute approximate surface area is 180 Å². The molecule has 4 aromatic rings. The molecule has 11 heteroatoms. The van der Waals surface area contributed by atoms with Crippen LogP contribution in [-0.2, 0) is 6.18 Å². The van der Waals surface area contributed by atoms with Crippen LogP contribution in [0.4, 0.5) is 18.2 Å². The fourth-order valence-corrected chi connectivity index (χ4v) is 4.13. The molecule has 1 amide bonds. The topological polar surface area (TPSA) is 92.4 Å². The number of oxazole rings is 1. The highest BCUT2D eigenvalue weighted by atomic mass is 35.5. The number of halogens is 4. The minimum absolute atomic E-state index is 0.0364. The number of hydrogen-bond acceptors (Lipinski definition) is 5. The van der Waals surface area contributed by atoms with Gasteiger partial charge in [-0.15, -0.1) is 11.3 Å². The Morgan fingerprint density at radius 3 is 2.52 bits per heavy atom. The van der Waals surface area contributed by atoms with Gasteiger partial charge in [0.1, 0.15) is 16.1 Å². The summed E-state index contributed by atoms with van der Waals surface area (Å²) in [6.45, 7) is 0. The monoisotopic (exact) mass is 466 g/mol. The standard InChI is InChI=1S/C20H10ClF3N2O4S/c21-12-7-9(20(22,23)24)5-6-10(12)11-8-31-18(15(11)19(28)29)26-16(27)17-25-13-3-1-2-4-14(13)30-17/h1-8H,(H,26,27)(H,28,29). The van der Waals surface area contributed by atoms with Crippen LogP contribution in [-0.4, -0.2) is 22.0 Å². The molecule has 2 aromatic heterocycles. The van der Waals surface area contributed by atoms with Gasteiger partial charge in [-0.3, -0.25) is 4.79 Å². The predicted molar refractivity (Wildman–Crippen MR) is 109 cm³/mol. The number of anilines is 1. The van der Waals surface area contributed by atoms with Gasteiger partial charge in [0.2, 0.25) is 0 Å². The molecule has 2 aromatic carbocycles. The van der Waals surface area contributed by atoms with E-state index in [1.165, 1.54) is 5.38 Å². The second-order valence-electron chi connectivity index (χ2n) is 6.29. The van der Waals surface area contributed by atoms with Crippen molar-refractivity contribution < 1.29 is 32.3 Å². The van der Waals surface area contributed by atoms with E-state index in [4.69, 9.17) is 16.0 Å². The molecule has 0 radical (unpaired) electrons. The van der Waals surface area contributed by atoms with Crippen molar-refractivity contribution in [2.24, 2.45) is 0 Å². The number of carbonyl (C=O) groups is 2. The fraction of sp³-hybridized carbons (Fsp3) is 0.0500. The zero-order valence-electron chi connectivity index (χ0n) is 15.2. The third-order valence-electron chi connectivity index (χ3n) is 4.31. The number of carboxylic acid groups (broad SMARTS) is 1. The molecule has 0 saturated carbocycles. The number of nitrogens with one attached hydrogen (secondary N) is 1. The SMILES string of the molecule is O=C(Nc1scc(-c2ccc(C(F)(F)F)cc2Cl)c1C(=O)O)c1nc2ccccc2o1. The molecule has 0 aliphatic heterocycles. The van der Waals surface area contributed by atoms with Crippen molar-refractivity contribution in [3.8, 4) is 11.1 Å². The highest BCUT2D eigenvalue weighted by molar-refractivity contribution is 7.15. The first-order chi connectivity index (χ1) is 14.6. The van der Waals surface area contributed by atoms with Gasteiger partial charge in [0.25, 0.3) is 5.89 Å². The van der Waals surface area contributed by atoms with E-state index in [1.807, 2.05) is 0 Å². The Morgan fingerprint density at radius 1 is 1.13 bits per heavy atom. The number of carbonyl (C=O) groups excluding carboxylic acids is 1. The van der Waals surface area contributed by atoms with Crippen molar-refractivity contribution in [1.29, 1.82) is 0 Å². The van der Waals surface area contributed by atoms with Gasteiger partial charge >= 0.3 is 18.1 Å². The number of nitrogens with zero attached hydrogens (tertiary/aromatic N) is 1. The Balaban J connectivity index is 1.69. The molecule has 0 aliphatic carbocycles. The van der Waals surface area contributed by atoms with Crippen LogP contribution in [0.1, 0.15) is 26.6 Å². The van der Waals surface area contributed by atoms with E-state index in [0.29, 0.717) is 11.1 Å². The number of alkyl halides is 3. The first-order valence-corrected chi connectivity index (χ1v) is 9.79. The molecule has 6 nitrogen and oxygen atoms in total. The van der Waals surface area contributed by atoms with E-state index < -0.39 is 23.6 Å². The first kappa shape index (κ1) is 20.9. The molecule has 31 heavy (non-hydrogen) atoms. The van der Waals surface area contributed by atoms with Crippen LogP contribution >= 0.6 is 22.9 Å². The molecule has 0 fully saturated rings. The number of hydrogen-bond donors (Lipinski definition) is 2. The lowest BCUT2D eigenvalue weighted by Crippen LogP contribution is -2.14. The first-order valence-electron chi connectivity index (χ1n) is 8.54. The maximum Gasteiger partial charge on any atom is 0.416 e. The van der Waals surface area contributed by atoms with Gasteiger partial charge < -0.3 is 14.8 Å². The summed E-state index contributed by atoms with van der Waals surface area (Å²) in [6.07, 6.45) is -4.59. The molecular formula is C20H10ClF3N2O4S. The third-order valence-corrected chi connectivity index (χ3v) is 5.51. The van der Waals surface area contributed by atoms with Gasteiger partial charge in [0.15, 0.2) is 5.58 Å². The Kier molecular flexibility index (Phi) is 5.19. The minimum atomic E-state index is -4.59. The molecule has 0 aliphatic rings. The van der Waals surface area contributed by atoms with Gasteiger partial charge in [-0.05, 0) is 24.3 Å². The molecule has 2 heterocycles. The molecule has 0 atom stereocenters. The van der Waals surface area contributed by atoms with Crippen molar-refractivity contribution in [3.05, 3.63) is 69.9 Å². The summed E-state index contributed by atoms with van der Waals surface area (Å²) in [5.41, 5.74) is -0.271. The van der Waals surface area contributed by atoms with Crippen molar-refractivity contribution in [2.75, 3.05) is 5.32 Å². The number of amides is 1. The zero-order chi connectivity index (χ0) is 22.3. The smallest absolute Gasteiger partial charge is 0.416 e. The van der Waals surface area contributed by atoms with Crippen molar-refractivity contribution in [3.63, 3.8) is 0 Å². The zero-order valence-corrected chi connectivity index (χ0v) is 16.7. The van der Waals surface area contributed by atoms with E-state index in [0.717, 1.165) is 29.5 Å². The van der Waals surface area contributed by atoms with E-state index in [9.17, 15) is 27.9 Å². The molecule has 2 N–H and O–H groups in total. The second kappa shape index (κ2) is 7.71. The minimum Gasteiger partial charge on any atom is -0.478 e. The van der Waals surface area contributed by atoms with Gasteiger partial charge in [-0.2, -0.15) is 13.2 Å². The number of rotatable bonds is 4. The molecule has 4 rings (SSSR count).